The van der Waals surface area contributed by atoms with E-state index < -0.39 is 12.7 Å². The Labute approximate surface area is 120 Å². The second kappa shape index (κ2) is 6.61. The Morgan fingerprint density at radius 2 is 2.05 bits per heavy atom. The average molecular weight is 305 g/mol. The lowest BCUT2D eigenvalue weighted by Gasteiger charge is -2.25. The summed E-state index contributed by atoms with van der Waals surface area (Å²) in [6.07, 6.45) is -0.000825. The summed E-state index contributed by atoms with van der Waals surface area (Å²) in [5, 5.41) is 3.59. The van der Waals surface area contributed by atoms with E-state index in [4.69, 9.17) is 0 Å². The molecule has 1 saturated carbocycles. The van der Waals surface area contributed by atoms with Gasteiger partial charge in [-0.15, -0.1) is 0 Å². The van der Waals surface area contributed by atoms with Crippen LogP contribution in [-0.4, -0.2) is 23.5 Å². The number of amides is 1. The van der Waals surface area contributed by atoms with Crippen molar-refractivity contribution in [3.63, 3.8) is 0 Å². The number of halogens is 3. The lowest BCUT2D eigenvalue weighted by molar-refractivity contribution is -0.163. The summed E-state index contributed by atoms with van der Waals surface area (Å²) < 4.78 is 37.9. The second-order valence-electron chi connectivity index (χ2n) is 5.35. The molecule has 6 heteroatoms. The first-order valence-electron chi connectivity index (χ1n) is 6.79. The minimum Gasteiger partial charge on any atom is -0.329 e. The molecule has 20 heavy (non-hydrogen) atoms. The van der Waals surface area contributed by atoms with E-state index in [0.717, 1.165) is 36.1 Å². The first kappa shape index (κ1) is 15.4. The summed E-state index contributed by atoms with van der Waals surface area (Å²) >= 11 is 1.42. The summed E-state index contributed by atoms with van der Waals surface area (Å²) in [4.78, 5) is 13.1. The fourth-order valence-corrected chi connectivity index (χ4v) is 3.30. The van der Waals surface area contributed by atoms with Gasteiger partial charge in [0.25, 0.3) is 0 Å². The van der Waals surface area contributed by atoms with Crippen molar-refractivity contribution in [1.82, 2.24) is 4.90 Å². The van der Waals surface area contributed by atoms with E-state index >= 15 is 0 Å². The van der Waals surface area contributed by atoms with E-state index in [2.05, 4.69) is 0 Å². The molecule has 2 nitrogen and oxygen atoms in total. The van der Waals surface area contributed by atoms with Crippen molar-refractivity contribution >= 4 is 17.2 Å². The van der Waals surface area contributed by atoms with Gasteiger partial charge in [0.2, 0.25) is 5.91 Å². The molecule has 0 aromatic carbocycles. The lowest BCUT2D eigenvalue weighted by atomic mass is 10.0. The highest BCUT2D eigenvalue weighted by Gasteiger charge is 2.33. The molecule has 0 N–H and O–H groups in total. The van der Waals surface area contributed by atoms with E-state index in [0.29, 0.717) is 0 Å². The van der Waals surface area contributed by atoms with Crippen molar-refractivity contribution in [2.24, 2.45) is 5.92 Å². The molecule has 0 saturated heterocycles. The Morgan fingerprint density at radius 3 is 2.60 bits per heavy atom. The van der Waals surface area contributed by atoms with Gasteiger partial charge in [-0.05, 0) is 41.1 Å². The molecule has 1 aliphatic carbocycles. The summed E-state index contributed by atoms with van der Waals surface area (Å²) in [5.41, 5.74) is 0.763. The highest BCUT2D eigenvalue weighted by atomic mass is 32.1. The third-order valence-electron chi connectivity index (χ3n) is 3.61. The number of carbonyl (C=O) groups excluding carboxylic acids is 1. The Bertz CT molecular complexity index is 424. The summed E-state index contributed by atoms with van der Waals surface area (Å²) in [7, 11) is 0. The largest absolute Gasteiger partial charge is 0.406 e. The Kier molecular flexibility index (Phi) is 5.07. The van der Waals surface area contributed by atoms with Crippen LogP contribution in [0.3, 0.4) is 0 Å². The van der Waals surface area contributed by atoms with Gasteiger partial charge >= 0.3 is 6.18 Å². The molecule has 2 rings (SSSR count). The fraction of sp³-hybridized carbons (Fsp3) is 0.643. The molecule has 112 valence electrons. The molecule has 1 aliphatic rings. The lowest BCUT2D eigenvalue weighted by Crippen LogP contribution is -2.39. The molecule has 1 aromatic rings. The van der Waals surface area contributed by atoms with E-state index in [1.54, 1.807) is 11.4 Å². The number of thiophene rings is 1. The minimum absolute atomic E-state index is 0.0502. The third-order valence-corrected chi connectivity index (χ3v) is 4.35. The Balaban J connectivity index is 1.98. The van der Waals surface area contributed by atoms with Gasteiger partial charge in [-0.2, -0.15) is 24.5 Å². The highest BCUT2D eigenvalue weighted by molar-refractivity contribution is 7.07. The van der Waals surface area contributed by atoms with Crippen LogP contribution < -0.4 is 0 Å². The number of hydrogen-bond acceptors (Lipinski definition) is 2. The second-order valence-corrected chi connectivity index (χ2v) is 6.13. The van der Waals surface area contributed by atoms with Gasteiger partial charge < -0.3 is 4.90 Å². The molecule has 0 spiro atoms. The third kappa shape index (κ3) is 4.81. The van der Waals surface area contributed by atoms with Crippen molar-refractivity contribution in [1.29, 1.82) is 0 Å². The molecule has 0 atom stereocenters. The molecular weight excluding hydrogens is 287 g/mol. The smallest absolute Gasteiger partial charge is 0.329 e. The number of alkyl halides is 3. The Hall–Kier alpha value is -1.04. The van der Waals surface area contributed by atoms with Crippen LogP contribution in [0.5, 0.6) is 0 Å². The predicted molar refractivity (Wildman–Crippen MR) is 72.4 cm³/mol. The molecule has 0 radical (unpaired) electrons. The number of carbonyl (C=O) groups is 1. The molecule has 0 bridgehead atoms. The van der Waals surface area contributed by atoms with Gasteiger partial charge in [-0.25, -0.2) is 0 Å². The summed E-state index contributed by atoms with van der Waals surface area (Å²) in [6, 6.07) is 1.76. The van der Waals surface area contributed by atoms with Crippen LogP contribution in [0.1, 0.15) is 37.7 Å². The number of nitrogens with zero attached hydrogens (tertiary/aromatic N) is 1. The minimum atomic E-state index is -4.35. The highest BCUT2D eigenvalue weighted by Crippen LogP contribution is 2.29. The molecule has 1 amide bonds. The Morgan fingerprint density at radius 1 is 1.35 bits per heavy atom. The van der Waals surface area contributed by atoms with Gasteiger partial charge in [0.1, 0.15) is 6.54 Å². The number of rotatable bonds is 5. The molecule has 0 unspecified atom stereocenters. The molecule has 1 aromatic heterocycles. The maximum absolute atomic E-state index is 12.6. The maximum atomic E-state index is 12.6. The van der Waals surface area contributed by atoms with Crippen LogP contribution in [0.25, 0.3) is 0 Å². The van der Waals surface area contributed by atoms with Crippen LogP contribution in [0.2, 0.25) is 0 Å². The SMILES string of the molecule is O=C(CC1CCCC1)N(Cc1ccsc1)CC(F)(F)F. The van der Waals surface area contributed by atoms with Gasteiger partial charge in [-0.3, -0.25) is 4.79 Å². The van der Waals surface area contributed by atoms with Gasteiger partial charge in [0.15, 0.2) is 0 Å². The standard InChI is InChI=1S/C14H18F3NOS/c15-14(16,17)10-18(8-12-5-6-20-9-12)13(19)7-11-3-1-2-4-11/h5-6,9,11H,1-4,7-8,10H2. The first-order chi connectivity index (χ1) is 9.44. The van der Waals surface area contributed by atoms with E-state index in [-0.39, 0.29) is 24.8 Å². The van der Waals surface area contributed by atoms with Crippen LogP contribution in [-0.2, 0) is 11.3 Å². The van der Waals surface area contributed by atoms with Crippen molar-refractivity contribution < 1.29 is 18.0 Å². The molecular formula is C14H18F3NOS. The van der Waals surface area contributed by atoms with Gasteiger partial charge in [0.05, 0.1) is 0 Å². The molecule has 1 fully saturated rings. The van der Waals surface area contributed by atoms with Crippen LogP contribution in [0.4, 0.5) is 13.2 Å². The summed E-state index contributed by atoms with van der Waals surface area (Å²) in [5.74, 6) is -0.110. The normalized spacial score (nSPS) is 16.6. The topological polar surface area (TPSA) is 20.3 Å². The van der Waals surface area contributed by atoms with Crippen molar-refractivity contribution in [2.45, 2.75) is 44.8 Å². The maximum Gasteiger partial charge on any atom is 0.406 e. The molecule has 1 heterocycles. The predicted octanol–water partition coefficient (Wildman–Crippen LogP) is 4.22. The van der Waals surface area contributed by atoms with Gasteiger partial charge in [-0.1, -0.05) is 12.8 Å². The zero-order chi connectivity index (χ0) is 14.6. The zero-order valence-corrected chi connectivity index (χ0v) is 12.0. The van der Waals surface area contributed by atoms with E-state index in [9.17, 15) is 18.0 Å². The van der Waals surface area contributed by atoms with E-state index in [1.165, 1.54) is 11.3 Å². The van der Waals surface area contributed by atoms with Gasteiger partial charge in [0, 0.05) is 13.0 Å². The van der Waals surface area contributed by atoms with Crippen LogP contribution in [0.15, 0.2) is 16.8 Å². The van der Waals surface area contributed by atoms with Crippen molar-refractivity contribution in [3.05, 3.63) is 22.4 Å². The van der Waals surface area contributed by atoms with Crippen molar-refractivity contribution in [2.75, 3.05) is 6.54 Å². The summed E-state index contributed by atoms with van der Waals surface area (Å²) in [6.45, 7) is -1.11. The first-order valence-corrected chi connectivity index (χ1v) is 7.74. The zero-order valence-electron chi connectivity index (χ0n) is 11.2. The number of hydrogen-bond donors (Lipinski definition) is 0. The monoisotopic (exact) mass is 305 g/mol. The van der Waals surface area contributed by atoms with Crippen molar-refractivity contribution in [3.8, 4) is 0 Å². The van der Waals surface area contributed by atoms with Crippen LogP contribution in [0, 0.1) is 5.92 Å². The quantitative estimate of drug-likeness (QED) is 0.797. The van der Waals surface area contributed by atoms with Crippen LogP contribution >= 0.6 is 11.3 Å². The van der Waals surface area contributed by atoms with E-state index in [1.807, 2.05) is 5.38 Å². The fourth-order valence-electron chi connectivity index (χ4n) is 2.64. The average Bonchev–Trinajstić information content (AvgIpc) is 2.99. The molecule has 0 aliphatic heterocycles.